The third kappa shape index (κ3) is 2.37. The van der Waals surface area contributed by atoms with Crippen LogP contribution < -0.4 is 5.73 Å². The molecule has 3 rings (SSSR count). The minimum atomic E-state index is -0.288. The maximum absolute atomic E-state index is 13.6. The van der Waals surface area contributed by atoms with Gasteiger partial charge in [0.15, 0.2) is 5.82 Å². The molecule has 0 aliphatic heterocycles. The van der Waals surface area contributed by atoms with Gasteiger partial charge in [-0.1, -0.05) is 25.8 Å². The Kier molecular flexibility index (Phi) is 3.27. The van der Waals surface area contributed by atoms with E-state index in [9.17, 15) is 4.39 Å². The van der Waals surface area contributed by atoms with E-state index in [1.165, 1.54) is 18.9 Å². The molecule has 1 aromatic carbocycles. The van der Waals surface area contributed by atoms with E-state index in [1.54, 1.807) is 6.07 Å². The molecule has 4 heteroatoms. The molecular weight excluding hydrogens is 241 g/mol. The van der Waals surface area contributed by atoms with Crippen LogP contribution in [0.2, 0.25) is 0 Å². The second kappa shape index (κ2) is 4.93. The number of fused-ring (bicyclic) bond motifs is 1. The molecule has 102 valence electrons. The maximum atomic E-state index is 13.6. The first-order chi connectivity index (χ1) is 9.15. The van der Waals surface area contributed by atoms with Crippen molar-refractivity contribution in [3.63, 3.8) is 0 Å². The fourth-order valence-corrected chi connectivity index (χ4v) is 3.04. The summed E-state index contributed by atoms with van der Waals surface area (Å²) in [5.41, 5.74) is 7.44. The molecule has 3 nitrogen and oxygen atoms in total. The van der Waals surface area contributed by atoms with Crippen molar-refractivity contribution < 1.29 is 4.39 Å². The van der Waals surface area contributed by atoms with Crippen molar-refractivity contribution in [2.45, 2.75) is 38.6 Å². The van der Waals surface area contributed by atoms with Gasteiger partial charge in [0.25, 0.3) is 0 Å². The van der Waals surface area contributed by atoms with Crippen LogP contribution in [0.3, 0.4) is 0 Å². The van der Waals surface area contributed by atoms with Crippen LogP contribution in [-0.4, -0.2) is 9.97 Å². The molecule has 1 aliphatic rings. The van der Waals surface area contributed by atoms with Gasteiger partial charge in [0.1, 0.15) is 11.3 Å². The molecule has 1 heterocycles. The van der Waals surface area contributed by atoms with Gasteiger partial charge in [0.2, 0.25) is 0 Å². The van der Waals surface area contributed by atoms with Gasteiger partial charge in [-0.15, -0.1) is 0 Å². The lowest BCUT2D eigenvalue weighted by molar-refractivity contribution is 0.252. The molecule has 0 amide bonds. The SMILES string of the molecule is CC1CCC(C(N)c2nc3c(F)cccc3[nH]2)CC1. The number of H-pyrrole nitrogens is 1. The van der Waals surface area contributed by atoms with Crippen LogP contribution in [0.25, 0.3) is 11.0 Å². The number of para-hydroxylation sites is 1. The number of hydrogen-bond acceptors (Lipinski definition) is 2. The van der Waals surface area contributed by atoms with Crippen LogP contribution in [-0.2, 0) is 0 Å². The zero-order valence-corrected chi connectivity index (χ0v) is 11.2. The van der Waals surface area contributed by atoms with Crippen molar-refractivity contribution in [1.29, 1.82) is 0 Å². The molecule has 1 unspecified atom stereocenters. The number of rotatable bonds is 2. The third-order valence-corrected chi connectivity index (χ3v) is 4.37. The number of aromatic nitrogens is 2. The Morgan fingerprint density at radius 1 is 1.32 bits per heavy atom. The van der Waals surface area contributed by atoms with Crippen molar-refractivity contribution >= 4 is 11.0 Å². The summed E-state index contributed by atoms with van der Waals surface area (Å²) in [6, 6.07) is 4.85. The molecule has 1 atom stereocenters. The van der Waals surface area contributed by atoms with E-state index < -0.39 is 0 Å². The zero-order valence-electron chi connectivity index (χ0n) is 11.2. The molecular formula is C15H20FN3. The smallest absolute Gasteiger partial charge is 0.151 e. The minimum Gasteiger partial charge on any atom is -0.341 e. The Balaban J connectivity index is 1.85. The van der Waals surface area contributed by atoms with E-state index in [0.717, 1.165) is 30.1 Å². The van der Waals surface area contributed by atoms with Crippen molar-refractivity contribution in [1.82, 2.24) is 9.97 Å². The number of nitrogens with one attached hydrogen (secondary N) is 1. The molecule has 0 radical (unpaired) electrons. The molecule has 0 spiro atoms. The first kappa shape index (κ1) is 12.6. The van der Waals surface area contributed by atoms with E-state index in [1.807, 2.05) is 6.07 Å². The van der Waals surface area contributed by atoms with Crippen LogP contribution in [0.15, 0.2) is 18.2 Å². The van der Waals surface area contributed by atoms with Gasteiger partial charge >= 0.3 is 0 Å². The van der Waals surface area contributed by atoms with Crippen LogP contribution >= 0.6 is 0 Å². The van der Waals surface area contributed by atoms with E-state index in [4.69, 9.17) is 5.73 Å². The van der Waals surface area contributed by atoms with E-state index in [0.29, 0.717) is 11.4 Å². The number of halogens is 1. The summed E-state index contributed by atoms with van der Waals surface area (Å²) >= 11 is 0. The molecule has 1 fully saturated rings. The Labute approximate surface area is 112 Å². The number of aromatic amines is 1. The number of imidazole rings is 1. The second-order valence-corrected chi connectivity index (χ2v) is 5.80. The topological polar surface area (TPSA) is 54.7 Å². The van der Waals surface area contributed by atoms with Crippen molar-refractivity contribution in [3.05, 3.63) is 29.8 Å². The van der Waals surface area contributed by atoms with Gasteiger partial charge < -0.3 is 10.7 Å². The number of benzene rings is 1. The number of nitrogens with zero attached hydrogens (tertiary/aromatic N) is 1. The molecule has 19 heavy (non-hydrogen) atoms. The summed E-state index contributed by atoms with van der Waals surface area (Å²) in [6.07, 6.45) is 4.74. The standard InChI is InChI=1S/C15H20FN3/c1-9-5-7-10(8-6-9)13(17)15-18-12-4-2-3-11(16)14(12)19-15/h2-4,9-10,13H,5-8,17H2,1H3,(H,18,19). The van der Waals surface area contributed by atoms with E-state index >= 15 is 0 Å². The summed E-state index contributed by atoms with van der Waals surface area (Å²) in [5.74, 6) is 1.69. The Hall–Kier alpha value is -1.42. The van der Waals surface area contributed by atoms with E-state index in [-0.39, 0.29) is 11.9 Å². The van der Waals surface area contributed by atoms with Gasteiger partial charge in [-0.25, -0.2) is 9.37 Å². The highest BCUT2D eigenvalue weighted by Gasteiger charge is 2.26. The highest BCUT2D eigenvalue weighted by atomic mass is 19.1. The Morgan fingerprint density at radius 3 is 2.74 bits per heavy atom. The molecule has 0 saturated heterocycles. The van der Waals surface area contributed by atoms with Gasteiger partial charge in [-0.05, 0) is 36.8 Å². The molecule has 0 bridgehead atoms. The largest absolute Gasteiger partial charge is 0.341 e. The summed E-state index contributed by atoms with van der Waals surface area (Å²) in [6.45, 7) is 2.29. The highest BCUT2D eigenvalue weighted by molar-refractivity contribution is 5.75. The Bertz CT molecular complexity index is 570. The van der Waals surface area contributed by atoms with Gasteiger partial charge in [0.05, 0.1) is 11.6 Å². The molecule has 1 saturated carbocycles. The monoisotopic (exact) mass is 261 g/mol. The van der Waals surface area contributed by atoms with Crippen LogP contribution in [0.1, 0.15) is 44.5 Å². The zero-order chi connectivity index (χ0) is 13.4. The summed E-state index contributed by atoms with van der Waals surface area (Å²) in [4.78, 5) is 7.52. The van der Waals surface area contributed by atoms with Gasteiger partial charge in [0, 0.05) is 0 Å². The lowest BCUT2D eigenvalue weighted by Gasteiger charge is -2.29. The number of nitrogens with two attached hydrogens (primary N) is 1. The third-order valence-electron chi connectivity index (χ3n) is 4.37. The molecule has 3 N–H and O–H groups in total. The molecule has 1 aromatic heterocycles. The lowest BCUT2D eigenvalue weighted by Crippen LogP contribution is -2.26. The van der Waals surface area contributed by atoms with Crippen molar-refractivity contribution in [2.75, 3.05) is 0 Å². The first-order valence-electron chi connectivity index (χ1n) is 7.05. The molecule has 2 aromatic rings. The minimum absolute atomic E-state index is 0.112. The summed E-state index contributed by atoms with van der Waals surface area (Å²) in [7, 11) is 0. The normalized spacial score (nSPS) is 25.6. The molecule has 1 aliphatic carbocycles. The average molecular weight is 261 g/mol. The fraction of sp³-hybridized carbons (Fsp3) is 0.533. The average Bonchev–Trinajstić information content (AvgIpc) is 2.84. The lowest BCUT2D eigenvalue weighted by atomic mass is 9.79. The highest BCUT2D eigenvalue weighted by Crippen LogP contribution is 2.35. The summed E-state index contributed by atoms with van der Waals surface area (Å²) < 4.78 is 13.6. The van der Waals surface area contributed by atoms with Crippen molar-refractivity contribution in [3.8, 4) is 0 Å². The second-order valence-electron chi connectivity index (χ2n) is 5.80. The van der Waals surface area contributed by atoms with Crippen molar-refractivity contribution in [2.24, 2.45) is 17.6 Å². The quantitative estimate of drug-likeness (QED) is 0.869. The van der Waals surface area contributed by atoms with Crippen LogP contribution in [0.4, 0.5) is 4.39 Å². The fourth-order valence-electron chi connectivity index (χ4n) is 3.04. The summed E-state index contributed by atoms with van der Waals surface area (Å²) in [5, 5.41) is 0. The Morgan fingerprint density at radius 2 is 2.05 bits per heavy atom. The van der Waals surface area contributed by atoms with Crippen LogP contribution in [0, 0.1) is 17.7 Å². The van der Waals surface area contributed by atoms with Gasteiger partial charge in [-0.2, -0.15) is 0 Å². The predicted octanol–water partition coefficient (Wildman–Crippen LogP) is 3.53. The van der Waals surface area contributed by atoms with E-state index in [2.05, 4.69) is 16.9 Å². The first-order valence-corrected chi connectivity index (χ1v) is 7.05. The maximum Gasteiger partial charge on any atom is 0.151 e. The predicted molar refractivity (Wildman–Crippen MR) is 74.1 cm³/mol. The van der Waals surface area contributed by atoms with Crippen LogP contribution in [0.5, 0.6) is 0 Å². The number of hydrogen-bond donors (Lipinski definition) is 2. The van der Waals surface area contributed by atoms with Gasteiger partial charge in [-0.3, -0.25) is 0 Å².